The van der Waals surface area contributed by atoms with Gasteiger partial charge in [0.2, 0.25) is 17.7 Å². The molecule has 38 heavy (non-hydrogen) atoms. The Balaban J connectivity index is 1.72. The highest BCUT2D eigenvalue weighted by molar-refractivity contribution is 6.30. The van der Waals surface area contributed by atoms with E-state index in [1.54, 1.807) is 42.5 Å². The van der Waals surface area contributed by atoms with Gasteiger partial charge in [-0.1, -0.05) is 73.8 Å². The Labute approximate surface area is 228 Å². The van der Waals surface area contributed by atoms with Gasteiger partial charge in [-0.2, -0.15) is 0 Å². The molecule has 1 aliphatic heterocycles. The van der Waals surface area contributed by atoms with Crippen LogP contribution in [0, 0.1) is 5.92 Å². The van der Waals surface area contributed by atoms with Gasteiger partial charge in [-0.15, -0.1) is 0 Å². The molecule has 2 aromatic carbocycles. The summed E-state index contributed by atoms with van der Waals surface area (Å²) in [6.07, 6.45) is 3.18. The number of amides is 3. The molecule has 0 radical (unpaired) electrons. The normalized spacial score (nSPS) is 18.1. The van der Waals surface area contributed by atoms with Crippen molar-refractivity contribution < 1.29 is 24.3 Å². The number of hydrogen-bond donors (Lipinski definition) is 4. The second-order valence-corrected chi connectivity index (χ2v) is 10.3. The van der Waals surface area contributed by atoms with Gasteiger partial charge in [-0.05, 0) is 42.5 Å². The second kappa shape index (κ2) is 14.1. The van der Waals surface area contributed by atoms with Crippen molar-refractivity contribution in [3.05, 3.63) is 70.7 Å². The highest BCUT2D eigenvalue weighted by atomic mass is 35.5. The van der Waals surface area contributed by atoms with Crippen LogP contribution >= 0.6 is 11.6 Å². The van der Waals surface area contributed by atoms with E-state index in [4.69, 9.17) is 11.6 Å². The smallest absolute Gasteiger partial charge is 0.243 e. The topological polar surface area (TPSA) is 125 Å². The van der Waals surface area contributed by atoms with Crippen LogP contribution in [0.3, 0.4) is 0 Å². The number of halogens is 1. The van der Waals surface area contributed by atoms with E-state index in [1.165, 1.54) is 0 Å². The first kappa shape index (κ1) is 29.3. The molecule has 8 nitrogen and oxygen atoms in total. The monoisotopic (exact) mass is 541 g/mol. The van der Waals surface area contributed by atoms with Gasteiger partial charge in [-0.25, -0.2) is 0 Å². The summed E-state index contributed by atoms with van der Waals surface area (Å²) in [7, 11) is 0. The van der Waals surface area contributed by atoms with Gasteiger partial charge in [0, 0.05) is 23.9 Å². The Morgan fingerprint density at radius 1 is 1.18 bits per heavy atom. The second-order valence-electron chi connectivity index (χ2n) is 9.91. The SMILES string of the molecule is CCCC[C@H](NC(=O)CC(O)(Cc1cccc(Cl)c1)c1ccccc1)C(=O)N[C@H](C=O)C[C@@H]1CCNC1=O. The first-order valence-corrected chi connectivity index (χ1v) is 13.5. The molecular weight excluding hydrogens is 506 g/mol. The van der Waals surface area contributed by atoms with Crippen LogP contribution in [0.25, 0.3) is 0 Å². The Kier molecular flexibility index (Phi) is 10.9. The van der Waals surface area contributed by atoms with Crippen LogP contribution in [0.2, 0.25) is 5.02 Å². The van der Waals surface area contributed by atoms with Gasteiger partial charge in [0.05, 0.1) is 12.5 Å². The Morgan fingerprint density at radius 3 is 2.58 bits per heavy atom. The van der Waals surface area contributed by atoms with Crippen LogP contribution < -0.4 is 16.0 Å². The van der Waals surface area contributed by atoms with Crippen molar-refractivity contribution in [3.63, 3.8) is 0 Å². The van der Waals surface area contributed by atoms with E-state index in [1.807, 2.05) is 19.1 Å². The molecule has 3 rings (SSSR count). The molecule has 2 aromatic rings. The number of rotatable bonds is 14. The van der Waals surface area contributed by atoms with Gasteiger partial charge in [-0.3, -0.25) is 14.4 Å². The molecule has 0 bridgehead atoms. The lowest BCUT2D eigenvalue weighted by atomic mass is 9.84. The lowest BCUT2D eigenvalue weighted by molar-refractivity contribution is -0.133. The molecule has 4 N–H and O–H groups in total. The number of benzene rings is 2. The van der Waals surface area contributed by atoms with Crippen molar-refractivity contribution in [2.45, 2.75) is 69.6 Å². The van der Waals surface area contributed by atoms with Crippen LogP contribution in [-0.2, 0) is 31.2 Å². The van der Waals surface area contributed by atoms with Gasteiger partial charge >= 0.3 is 0 Å². The third kappa shape index (κ3) is 8.39. The zero-order valence-corrected chi connectivity index (χ0v) is 22.4. The molecule has 0 spiro atoms. The summed E-state index contributed by atoms with van der Waals surface area (Å²) in [5, 5.41) is 20.4. The molecule has 0 aliphatic carbocycles. The highest BCUT2D eigenvalue weighted by Gasteiger charge is 2.34. The molecule has 1 fully saturated rings. The van der Waals surface area contributed by atoms with Crippen molar-refractivity contribution in [1.29, 1.82) is 0 Å². The molecule has 4 atom stereocenters. The van der Waals surface area contributed by atoms with E-state index in [0.717, 1.165) is 12.0 Å². The number of aldehydes is 1. The molecule has 1 saturated heterocycles. The summed E-state index contributed by atoms with van der Waals surface area (Å²) in [5.74, 6) is -1.43. The lowest BCUT2D eigenvalue weighted by Crippen LogP contribution is -2.51. The maximum atomic E-state index is 13.2. The average Bonchev–Trinajstić information content (AvgIpc) is 3.30. The van der Waals surface area contributed by atoms with E-state index < -0.39 is 29.5 Å². The van der Waals surface area contributed by atoms with Crippen LogP contribution in [0.1, 0.15) is 56.6 Å². The zero-order chi connectivity index (χ0) is 27.5. The standard InChI is InChI=1S/C29H36ClN3O5/c1-2-3-12-25(28(37)32-24(19-34)16-21-13-14-31-27(21)36)33-26(35)18-29(38,22-9-5-4-6-10-22)17-20-8-7-11-23(30)15-20/h4-11,15,19,21,24-25,38H,2-3,12-14,16-18H2,1H3,(H,31,36)(H,32,37)(H,33,35)/t21-,24-,25-,29?/m0/s1. The number of nitrogens with one attached hydrogen (secondary N) is 3. The highest BCUT2D eigenvalue weighted by Crippen LogP contribution is 2.30. The van der Waals surface area contributed by atoms with Gasteiger partial charge in [0.25, 0.3) is 0 Å². The third-order valence-corrected chi connectivity index (χ3v) is 7.08. The van der Waals surface area contributed by atoms with Gasteiger partial charge in [0.1, 0.15) is 17.9 Å². The summed E-state index contributed by atoms with van der Waals surface area (Å²) >= 11 is 6.14. The van der Waals surface area contributed by atoms with E-state index in [0.29, 0.717) is 42.7 Å². The fourth-order valence-corrected chi connectivity index (χ4v) is 5.01. The number of unbranched alkanes of at least 4 members (excludes halogenated alkanes) is 1. The first-order valence-electron chi connectivity index (χ1n) is 13.1. The maximum Gasteiger partial charge on any atom is 0.243 e. The molecular formula is C29H36ClN3O5. The minimum atomic E-state index is -1.54. The molecule has 1 unspecified atom stereocenters. The summed E-state index contributed by atoms with van der Waals surface area (Å²) in [6, 6.07) is 14.3. The lowest BCUT2D eigenvalue weighted by Gasteiger charge is -2.30. The van der Waals surface area contributed by atoms with E-state index in [2.05, 4.69) is 16.0 Å². The van der Waals surface area contributed by atoms with Crippen molar-refractivity contribution in [3.8, 4) is 0 Å². The third-order valence-electron chi connectivity index (χ3n) is 6.84. The summed E-state index contributed by atoms with van der Waals surface area (Å²) in [6.45, 7) is 2.53. The number of carbonyl (C=O) groups is 4. The summed E-state index contributed by atoms with van der Waals surface area (Å²) < 4.78 is 0. The van der Waals surface area contributed by atoms with Gasteiger partial charge in [0.15, 0.2) is 0 Å². The van der Waals surface area contributed by atoms with Crippen LogP contribution in [0.5, 0.6) is 0 Å². The van der Waals surface area contributed by atoms with Crippen molar-refractivity contribution >= 4 is 35.6 Å². The fourth-order valence-electron chi connectivity index (χ4n) is 4.80. The zero-order valence-electron chi connectivity index (χ0n) is 21.6. The van der Waals surface area contributed by atoms with Crippen LogP contribution in [0.4, 0.5) is 0 Å². The largest absolute Gasteiger partial charge is 0.384 e. The predicted molar refractivity (Wildman–Crippen MR) is 145 cm³/mol. The van der Waals surface area contributed by atoms with Crippen molar-refractivity contribution in [2.24, 2.45) is 5.92 Å². The minimum absolute atomic E-state index is 0.123. The minimum Gasteiger partial charge on any atom is -0.384 e. The number of aliphatic hydroxyl groups is 1. The Bertz CT molecular complexity index is 1110. The Hall–Kier alpha value is -3.23. The number of hydrogen-bond acceptors (Lipinski definition) is 5. The van der Waals surface area contributed by atoms with Crippen LogP contribution in [0.15, 0.2) is 54.6 Å². The summed E-state index contributed by atoms with van der Waals surface area (Å²) in [4.78, 5) is 49.9. The molecule has 204 valence electrons. The maximum absolute atomic E-state index is 13.2. The first-order chi connectivity index (χ1) is 18.2. The quantitative estimate of drug-likeness (QED) is 0.274. The average molecular weight is 542 g/mol. The molecule has 9 heteroatoms. The van der Waals surface area contributed by atoms with E-state index >= 15 is 0 Å². The van der Waals surface area contributed by atoms with Gasteiger partial charge < -0.3 is 25.9 Å². The molecule has 0 aromatic heterocycles. The van der Waals surface area contributed by atoms with Crippen molar-refractivity contribution in [2.75, 3.05) is 6.54 Å². The molecule has 3 amide bonds. The van der Waals surface area contributed by atoms with Crippen LogP contribution in [-0.4, -0.2) is 47.7 Å². The number of carbonyl (C=O) groups excluding carboxylic acids is 4. The Morgan fingerprint density at radius 2 is 1.95 bits per heavy atom. The summed E-state index contributed by atoms with van der Waals surface area (Å²) in [5.41, 5.74) is -0.203. The van der Waals surface area contributed by atoms with E-state index in [-0.39, 0.29) is 31.1 Å². The molecule has 1 heterocycles. The molecule has 0 saturated carbocycles. The van der Waals surface area contributed by atoms with E-state index in [9.17, 15) is 24.3 Å². The van der Waals surface area contributed by atoms with Crippen molar-refractivity contribution in [1.82, 2.24) is 16.0 Å². The fraction of sp³-hybridized carbons (Fsp3) is 0.448. The molecule has 1 aliphatic rings. The predicted octanol–water partition coefficient (Wildman–Crippen LogP) is 3.05.